The highest BCUT2D eigenvalue weighted by Gasteiger charge is 2.27. The van der Waals surface area contributed by atoms with Crippen molar-refractivity contribution in [3.63, 3.8) is 0 Å². The molecule has 0 aliphatic rings. The van der Waals surface area contributed by atoms with Gasteiger partial charge in [-0.25, -0.2) is 0 Å². The largest absolute Gasteiger partial charge is 0.0656 e. The molecule has 0 nitrogen and oxygen atoms in total. The van der Waals surface area contributed by atoms with Crippen LogP contribution in [-0.4, -0.2) is 17.7 Å². The van der Waals surface area contributed by atoms with E-state index in [1.807, 2.05) is 0 Å². The quantitative estimate of drug-likeness (QED) is 0.119. The van der Waals surface area contributed by atoms with Crippen molar-refractivity contribution < 1.29 is 0 Å². The Labute approximate surface area is 262 Å². The van der Waals surface area contributed by atoms with Gasteiger partial charge in [0.2, 0.25) is 0 Å². The molecule has 0 saturated heterocycles. The molecule has 6 rings (SSSR count). The lowest BCUT2D eigenvalue weighted by molar-refractivity contribution is 1.72. The Bertz CT molecular complexity index is 1430. The maximum absolute atomic E-state index is 2.39. The van der Waals surface area contributed by atoms with Crippen molar-refractivity contribution in [1.82, 2.24) is 0 Å². The number of hydrogen-bond donors (Lipinski definition) is 0. The molecule has 0 fully saturated rings. The summed E-state index contributed by atoms with van der Waals surface area (Å²) in [7, 11) is -1.77. The van der Waals surface area contributed by atoms with E-state index in [4.69, 9.17) is 0 Å². The van der Waals surface area contributed by atoms with E-state index in [2.05, 4.69) is 182 Å². The van der Waals surface area contributed by atoms with Crippen molar-refractivity contribution >= 4 is 63.5 Å². The van der Waals surface area contributed by atoms with E-state index >= 15 is 0 Å². The minimum Gasteiger partial charge on any atom is -0.0656 e. The van der Waals surface area contributed by atoms with Gasteiger partial charge in [-0.2, -0.15) is 0 Å². The maximum Gasteiger partial charge on any atom is 0.000360 e. The zero-order valence-electron chi connectivity index (χ0n) is 24.2. The molecule has 6 aromatic rings. The van der Waals surface area contributed by atoms with E-state index in [0.29, 0.717) is 0 Å². The molecule has 4 heteroatoms. The normalized spacial score (nSPS) is 12.7. The number of hydrogen-bond acceptors (Lipinski definition) is 0. The molecule has 2 atom stereocenters. The summed E-state index contributed by atoms with van der Waals surface area (Å²) in [5, 5.41) is 8.98. The summed E-state index contributed by atoms with van der Waals surface area (Å²) in [5.74, 6) is 3.67. The van der Waals surface area contributed by atoms with E-state index in [1.165, 1.54) is 49.5 Å². The first kappa shape index (κ1) is 30.1. The molecule has 0 unspecified atom stereocenters. The van der Waals surface area contributed by atoms with Gasteiger partial charge < -0.3 is 0 Å². The van der Waals surface area contributed by atoms with Gasteiger partial charge in [-0.1, -0.05) is 198 Å². The summed E-state index contributed by atoms with van der Waals surface area (Å²) >= 11 is 0. The minimum absolute atomic E-state index is 0.406. The van der Waals surface area contributed by atoms with E-state index in [9.17, 15) is 0 Å². The van der Waals surface area contributed by atoms with Gasteiger partial charge in [-0.05, 0) is 53.6 Å². The Hall–Kier alpha value is -2.96. The van der Waals surface area contributed by atoms with Gasteiger partial charge >= 0.3 is 0 Å². The van der Waals surface area contributed by atoms with Crippen LogP contribution in [0.5, 0.6) is 0 Å². The van der Waals surface area contributed by atoms with Gasteiger partial charge in [0.15, 0.2) is 0 Å². The monoisotopic (exact) mass is 628 g/mol. The van der Waals surface area contributed by atoms with E-state index in [-0.39, 0.29) is 0 Å². The summed E-state index contributed by atoms with van der Waals surface area (Å²) < 4.78 is 0. The average Bonchev–Trinajstić information content (AvgIpc) is 3.10. The lowest BCUT2D eigenvalue weighted by Gasteiger charge is -2.32. The number of benzene rings is 6. The maximum atomic E-state index is 2.39. The first-order chi connectivity index (χ1) is 21.3. The molecule has 43 heavy (non-hydrogen) atoms. The highest BCUT2D eigenvalue weighted by atomic mass is 31.2. The van der Waals surface area contributed by atoms with Crippen molar-refractivity contribution in [2.75, 3.05) is 17.7 Å². The molecule has 0 aromatic heterocycles. The molecule has 0 bridgehead atoms. The van der Waals surface area contributed by atoms with Gasteiger partial charge in [0.1, 0.15) is 0 Å². The van der Waals surface area contributed by atoms with Crippen LogP contribution in [0.15, 0.2) is 182 Å². The van der Waals surface area contributed by atoms with Crippen LogP contribution in [0, 0.1) is 0 Å². The van der Waals surface area contributed by atoms with Crippen molar-refractivity contribution in [2.45, 2.75) is 0 Å². The zero-order chi connectivity index (χ0) is 29.1. The van der Waals surface area contributed by atoms with Gasteiger partial charge in [0, 0.05) is 11.8 Å². The van der Waals surface area contributed by atoms with Crippen molar-refractivity contribution in [2.24, 2.45) is 0 Å². The van der Waals surface area contributed by atoms with E-state index < -0.39 is 31.7 Å². The molecular weight excluding hydrogens is 592 g/mol. The predicted molar refractivity (Wildman–Crippen MR) is 199 cm³/mol. The summed E-state index contributed by atoms with van der Waals surface area (Å²) in [5.41, 5.74) is 0. The standard InChI is InChI=1S/C39H36P4/c1-7-19-34(20-8-1)40(32-42(36-23-11-3-12-24-36)37-25-13-4-14-26-37)31-41(35-21-9-2-10-22-35)33-43(38-27-15-5-16-28-38)39-29-17-6-18-30-39/h1-30H,31-33H2/t40-,41+. The van der Waals surface area contributed by atoms with Crippen LogP contribution in [0.4, 0.5) is 0 Å². The first-order valence-corrected chi connectivity index (χ1v) is 21.2. The van der Waals surface area contributed by atoms with Crippen LogP contribution >= 0.6 is 31.7 Å². The molecule has 6 aromatic carbocycles. The average molecular weight is 629 g/mol. The zero-order valence-corrected chi connectivity index (χ0v) is 27.8. The molecule has 0 amide bonds. The molecule has 0 aliphatic heterocycles. The molecule has 0 N–H and O–H groups in total. The van der Waals surface area contributed by atoms with Crippen LogP contribution in [0.3, 0.4) is 0 Å². The van der Waals surface area contributed by atoms with Crippen molar-refractivity contribution in [1.29, 1.82) is 0 Å². The highest BCUT2D eigenvalue weighted by Crippen LogP contribution is 2.59. The Balaban J connectivity index is 1.40. The smallest absolute Gasteiger partial charge is 0.000360 e. The summed E-state index contributed by atoms with van der Waals surface area (Å²) in [6.45, 7) is 0. The lowest BCUT2D eigenvalue weighted by Crippen LogP contribution is -2.19. The van der Waals surface area contributed by atoms with Crippen LogP contribution < -0.4 is 31.8 Å². The Morgan fingerprint density at radius 3 is 0.674 bits per heavy atom. The topological polar surface area (TPSA) is 0 Å². The molecule has 0 aliphatic carbocycles. The third-order valence-electron chi connectivity index (χ3n) is 7.48. The van der Waals surface area contributed by atoms with Gasteiger partial charge in [-0.15, -0.1) is 0 Å². The molecular formula is C39H36P4. The third-order valence-corrected chi connectivity index (χ3v) is 20.9. The van der Waals surface area contributed by atoms with Gasteiger partial charge in [0.25, 0.3) is 0 Å². The fourth-order valence-corrected chi connectivity index (χ4v) is 21.1. The minimum atomic E-state index is -0.477. The third kappa shape index (κ3) is 8.16. The summed E-state index contributed by atoms with van der Waals surface area (Å²) in [4.78, 5) is 0. The van der Waals surface area contributed by atoms with Crippen molar-refractivity contribution in [3.8, 4) is 0 Å². The van der Waals surface area contributed by atoms with Crippen LogP contribution in [0.25, 0.3) is 0 Å². The lowest BCUT2D eigenvalue weighted by atomic mass is 10.4. The Morgan fingerprint density at radius 2 is 0.442 bits per heavy atom. The molecule has 212 valence electrons. The number of rotatable bonds is 12. The fraction of sp³-hybridized carbons (Fsp3) is 0.0769. The second kappa shape index (κ2) is 15.7. The molecule has 0 saturated carbocycles. The first-order valence-electron chi connectivity index (χ1n) is 14.7. The second-order valence-electron chi connectivity index (χ2n) is 10.4. The van der Waals surface area contributed by atoms with Gasteiger partial charge in [0.05, 0.1) is 0 Å². The van der Waals surface area contributed by atoms with E-state index in [1.54, 1.807) is 0 Å². The fourth-order valence-electron chi connectivity index (χ4n) is 5.30. The molecule has 0 spiro atoms. The van der Waals surface area contributed by atoms with E-state index in [0.717, 1.165) is 0 Å². The van der Waals surface area contributed by atoms with Crippen LogP contribution in [0.2, 0.25) is 0 Å². The Kier molecular flexibility index (Phi) is 11.0. The van der Waals surface area contributed by atoms with Crippen LogP contribution in [0.1, 0.15) is 0 Å². The molecule has 0 heterocycles. The molecule has 0 radical (unpaired) electrons. The Morgan fingerprint density at radius 1 is 0.233 bits per heavy atom. The van der Waals surface area contributed by atoms with Gasteiger partial charge in [-0.3, -0.25) is 0 Å². The van der Waals surface area contributed by atoms with Crippen LogP contribution in [-0.2, 0) is 0 Å². The second-order valence-corrected chi connectivity index (χ2v) is 20.7. The van der Waals surface area contributed by atoms with Crippen molar-refractivity contribution in [3.05, 3.63) is 182 Å². The highest BCUT2D eigenvalue weighted by molar-refractivity contribution is 7.93. The summed E-state index contributed by atoms with van der Waals surface area (Å²) in [6, 6.07) is 67.9. The SMILES string of the molecule is c1ccc(P(C[P@](C[P@](CP(c2ccccc2)c2ccccc2)c2ccccc2)c2ccccc2)c2ccccc2)cc1. The summed E-state index contributed by atoms with van der Waals surface area (Å²) in [6.07, 6.45) is 0. The predicted octanol–water partition coefficient (Wildman–Crippen LogP) is 8.74.